The van der Waals surface area contributed by atoms with E-state index in [1.807, 2.05) is 37.3 Å². The molecule has 0 saturated carbocycles. The number of rotatable bonds is 3. The van der Waals surface area contributed by atoms with Gasteiger partial charge in [0.05, 0.1) is 16.6 Å². The topological polar surface area (TPSA) is 58.8 Å². The van der Waals surface area contributed by atoms with Crippen molar-refractivity contribution in [3.63, 3.8) is 0 Å². The summed E-state index contributed by atoms with van der Waals surface area (Å²) in [5.74, 6) is 0.376. The van der Waals surface area contributed by atoms with Gasteiger partial charge in [-0.1, -0.05) is 30.3 Å². The van der Waals surface area contributed by atoms with Crippen LogP contribution in [0.3, 0.4) is 0 Å². The highest BCUT2D eigenvalue weighted by molar-refractivity contribution is 7.13. The number of aromatic nitrogens is 2. The Balaban J connectivity index is 1.97. The van der Waals surface area contributed by atoms with Crippen LogP contribution in [-0.4, -0.2) is 9.36 Å². The van der Waals surface area contributed by atoms with Gasteiger partial charge in [-0.15, -0.1) is 0 Å². The number of aryl methyl sites for hydroxylation is 1. The maximum Gasteiger partial charge on any atom is 0.233 e. The van der Waals surface area contributed by atoms with Gasteiger partial charge in [0, 0.05) is 5.39 Å². The van der Waals surface area contributed by atoms with Crippen LogP contribution in [0.25, 0.3) is 10.1 Å². The van der Waals surface area contributed by atoms with E-state index in [1.54, 1.807) is 6.20 Å². The summed E-state index contributed by atoms with van der Waals surface area (Å²) in [4.78, 5) is 4.39. The van der Waals surface area contributed by atoms with E-state index in [-0.39, 0.29) is 0 Å². The second-order valence-electron chi connectivity index (χ2n) is 4.33. The summed E-state index contributed by atoms with van der Waals surface area (Å²) in [6, 6.07) is 12.0. The standard InChI is InChI=1S/C15H11N3OS/c1-10-14-13(8-17-20-14)12(7-16)15(18-10)19-9-11-5-3-2-4-6-11/h2-6,8H,9H2,1H3. The molecule has 20 heavy (non-hydrogen) atoms. The van der Waals surface area contributed by atoms with Crippen molar-refractivity contribution in [2.75, 3.05) is 0 Å². The third kappa shape index (κ3) is 2.22. The van der Waals surface area contributed by atoms with Crippen LogP contribution in [0, 0.1) is 18.3 Å². The highest BCUT2D eigenvalue weighted by atomic mass is 32.1. The number of hydrogen-bond acceptors (Lipinski definition) is 5. The normalized spacial score (nSPS) is 10.4. The highest BCUT2D eigenvalue weighted by Gasteiger charge is 2.14. The maximum absolute atomic E-state index is 9.33. The molecule has 0 bridgehead atoms. The van der Waals surface area contributed by atoms with Crippen LogP contribution in [0.4, 0.5) is 0 Å². The van der Waals surface area contributed by atoms with E-state index in [0.717, 1.165) is 21.3 Å². The molecule has 0 unspecified atom stereocenters. The molecule has 1 aromatic carbocycles. The van der Waals surface area contributed by atoms with Crippen LogP contribution in [-0.2, 0) is 6.61 Å². The van der Waals surface area contributed by atoms with E-state index in [9.17, 15) is 5.26 Å². The van der Waals surface area contributed by atoms with Crippen molar-refractivity contribution in [2.24, 2.45) is 0 Å². The molecule has 0 amide bonds. The summed E-state index contributed by atoms with van der Waals surface area (Å²) < 4.78 is 10.8. The van der Waals surface area contributed by atoms with Crippen LogP contribution in [0.15, 0.2) is 36.5 Å². The number of ether oxygens (including phenoxy) is 1. The maximum atomic E-state index is 9.33. The molecule has 3 rings (SSSR count). The fraction of sp³-hybridized carbons (Fsp3) is 0.133. The molecule has 2 heterocycles. The molecule has 0 fully saturated rings. The van der Waals surface area contributed by atoms with E-state index < -0.39 is 0 Å². The van der Waals surface area contributed by atoms with Gasteiger partial charge in [-0.3, -0.25) is 0 Å². The third-order valence-corrected chi connectivity index (χ3v) is 3.89. The van der Waals surface area contributed by atoms with Crippen molar-refractivity contribution in [3.05, 3.63) is 53.3 Å². The Bertz CT molecular complexity index is 790. The van der Waals surface area contributed by atoms with Gasteiger partial charge < -0.3 is 4.74 Å². The number of pyridine rings is 1. The van der Waals surface area contributed by atoms with Crippen LogP contribution in [0.2, 0.25) is 0 Å². The fourth-order valence-electron chi connectivity index (χ4n) is 1.99. The van der Waals surface area contributed by atoms with E-state index in [2.05, 4.69) is 15.4 Å². The van der Waals surface area contributed by atoms with Crippen molar-refractivity contribution in [3.8, 4) is 11.9 Å². The van der Waals surface area contributed by atoms with Crippen LogP contribution >= 0.6 is 11.5 Å². The zero-order valence-electron chi connectivity index (χ0n) is 10.8. The lowest BCUT2D eigenvalue weighted by Crippen LogP contribution is -2.00. The SMILES string of the molecule is Cc1nc(OCc2ccccc2)c(C#N)c2cnsc12. The Morgan fingerprint density at radius 2 is 2.10 bits per heavy atom. The predicted octanol–water partition coefficient (Wildman–Crippen LogP) is 3.45. The van der Waals surface area contributed by atoms with Gasteiger partial charge in [-0.25, -0.2) is 4.98 Å². The average molecular weight is 281 g/mol. The molecule has 0 aliphatic rings. The predicted molar refractivity (Wildman–Crippen MR) is 77.6 cm³/mol. The molecular formula is C15H11N3OS. The van der Waals surface area contributed by atoms with Crippen LogP contribution in [0.1, 0.15) is 16.8 Å². The van der Waals surface area contributed by atoms with Gasteiger partial charge in [0.2, 0.25) is 5.88 Å². The minimum absolute atomic E-state index is 0.376. The molecule has 2 aromatic heterocycles. The van der Waals surface area contributed by atoms with E-state index in [4.69, 9.17) is 4.74 Å². The number of hydrogen-bond donors (Lipinski definition) is 0. The van der Waals surface area contributed by atoms with E-state index >= 15 is 0 Å². The largest absolute Gasteiger partial charge is 0.472 e. The molecular weight excluding hydrogens is 270 g/mol. The molecule has 3 aromatic rings. The number of fused-ring (bicyclic) bond motifs is 1. The Kier molecular flexibility index (Phi) is 3.32. The monoisotopic (exact) mass is 281 g/mol. The van der Waals surface area contributed by atoms with Crippen molar-refractivity contribution >= 4 is 21.6 Å². The van der Waals surface area contributed by atoms with Crippen molar-refractivity contribution in [2.45, 2.75) is 13.5 Å². The highest BCUT2D eigenvalue weighted by Crippen LogP contribution is 2.30. The first-order valence-corrected chi connectivity index (χ1v) is 6.88. The molecule has 0 N–H and O–H groups in total. The quantitative estimate of drug-likeness (QED) is 0.737. The molecule has 0 atom stereocenters. The summed E-state index contributed by atoms with van der Waals surface area (Å²) in [5.41, 5.74) is 2.33. The first kappa shape index (κ1) is 12.6. The zero-order valence-corrected chi connectivity index (χ0v) is 11.6. The van der Waals surface area contributed by atoms with Gasteiger partial charge in [0.25, 0.3) is 0 Å². The van der Waals surface area contributed by atoms with Crippen LogP contribution in [0.5, 0.6) is 5.88 Å². The Morgan fingerprint density at radius 1 is 1.30 bits per heavy atom. The van der Waals surface area contributed by atoms with E-state index in [1.165, 1.54) is 11.5 Å². The lowest BCUT2D eigenvalue weighted by molar-refractivity contribution is 0.293. The molecule has 98 valence electrons. The summed E-state index contributed by atoms with van der Waals surface area (Å²) in [6.45, 7) is 2.29. The first-order chi connectivity index (χ1) is 9.79. The van der Waals surface area contributed by atoms with Gasteiger partial charge >= 0.3 is 0 Å². The molecule has 0 saturated heterocycles. The molecule has 4 nitrogen and oxygen atoms in total. The molecule has 0 aliphatic carbocycles. The third-order valence-electron chi connectivity index (χ3n) is 2.98. The summed E-state index contributed by atoms with van der Waals surface area (Å²) in [5, 5.41) is 10.1. The minimum atomic E-state index is 0.376. The zero-order chi connectivity index (χ0) is 13.9. The number of nitrogens with zero attached hydrogens (tertiary/aromatic N) is 3. The van der Waals surface area contributed by atoms with Gasteiger partial charge in [-0.05, 0) is 24.0 Å². The lowest BCUT2D eigenvalue weighted by Gasteiger charge is -2.08. The van der Waals surface area contributed by atoms with Gasteiger partial charge in [0.1, 0.15) is 18.2 Å². The lowest BCUT2D eigenvalue weighted by atomic mass is 10.2. The van der Waals surface area contributed by atoms with Crippen LogP contribution < -0.4 is 4.74 Å². The molecule has 0 aliphatic heterocycles. The van der Waals surface area contributed by atoms with Crippen molar-refractivity contribution < 1.29 is 4.74 Å². The van der Waals surface area contributed by atoms with Gasteiger partial charge in [0.15, 0.2) is 0 Å². The fourth-order valence-corrected chi connectivity index (χ4v) is 2.69. The second-order valence-corrected chi connectivity index (χ2v) is 5.13. The number of benzene rings is 1. The average Bonchev–Trinajstić information content (AvgIpc) is 2.96. The van der Waals surface area contributed by atoms with E-state index in [0.29, 0.717) is 18.1 Å². The summed E-state index contributed by atoms with van der Waals surface area (Å²) >= 11 is 1.35. The first-order valence-electron chi connectivity index (χ1n) is 6.11. The molecule has 0 radical (unpaired) electrons. The van der Waals surface area contributed by atoms with Gasteiger partial charge in [-0.2, -0.15) is 9.64 Å². The molecule has 0 spiro atoms. The Hall–Kier alpha value is -2.45. The summed E-state index contributed by atoms with van der Waals surface area (Å²) in [6.07, 6.45) is 1.70. The smallest absolute Gasteiger partial charge is 0.233 e. The number of nitriles is 1. The Morgan fingerprint density at radius 3 is 2.85 bits per heavy atom. The molecule has 5 heteroatoms. The summed E-state index contributed by atoms with van der Waals surface area (Å²) in [7, 11) is 0. The second kappa shape index (κ2) is 5.27. The van der Waals surface area contributed by atoms with Crippen molar-refractivity contribution in [1.29, 1.82) is 5.26 Å². The Labute approximate surface area is 120 Å². The van der Waals surface area contributed by atoms with Crippen molar-refractivity contribution in [1.82, 2.24) is 9.36 Å². The minimum Gasteiger partial charge on any atom is -0.472 e.